The van der Waals surface area contributed by atoms with Gasteiger partial charge in [-0.2, -0.15) is 0 Å². The summed E-state index contributed by atoms with van der Waals surface area (Å²) in [4.78, 5) is 36.1. The number of aliphatic carboxylic acids is 1. The summed E-state index contributed by atoms with van der Waals surface area (Å²) in [6.45, 7) is 3.97. The number of carboxylic acid groups (broad SMARTS) is 1. The van der Waals surface area contributed by atoms with Crippen molar-refractivity contribution in [2.75, 3.05) is 5.32 Å². The van der Waals surface area contributed by atoms with Crippen LogP contribution in [0.4, 0.5) is 5.69 Å². The minimum Gasteiger partial charge on any atom is -0.512 e. The van der Waals surface area contributed by atoms with E-state index in [1.54, 1.807) is 18.2 Å². The minimum atomic E-state index is -1.04. The van der Waals surface area contributed by atoms with E-state index in [9.17, 15) is 19.5 Å². The van der Waals surface area contributed by atoms with E-state index in [4.69, 9.17) is 9.84 Å². The first-order valence-electron chi connectivity index (χ1n) is 12.6. The average molecular weight is 494 g/mol. The number of hydrogen-bond acceptors (Lipinski definition) is 5. The van der Waals surface area contributed by atoms with E-state index in [0.717, 1.165) is 24.0 Å². The van der Waals surface area contributed by atoms with Crippen LogP contribution >= 0.6 is 0 Å². The highest BCUT2D eigenvalue weighted by atomic mass is 16.6. The third kappa shape index (κ3) is 6.97. The van der Waals surface area contributed by atoms with Crippen molar-refractivity contribution >= 4 is 23.5 Å². The maximum Gasteiger partial charge on any atom is 0.338 e. The molecule has 1 amide bonds. The van der Waals surface area contributed by atoms with Gasteiger partial charge in [0.1, 0.15) is 11.4 Å². The smallest absolute Gasteiger partial charge is 0.338 e. The molecule has 0 saturated carbocycles. The molecule has 0 saturated heterocycles. The summed E-state index contributed by atoms with van der Waals surface area (Å²) in [5, 5.41) is 22.6. The molecule has 7 heteroatoms. The second-order valence-corrected chi connectivity index (χ2v) is 9.37. The molecule has 1 aliphatic heterocycles. The third-order valence-electron chi connectivity index (χ3n) is 6.64. The molecule has 3 rings (SSSR count). The predicted octanol–water partition coefficient (Wildman–Crippen LogP) is 5.91. The number of carbonyl (C=O) groups excluding carboxylic acids is 2. The predicted molar refractivity (Wildman–Crippen MR) is 138 cm³/mol. The highest BCUT2D eigenvalue weighted by molar-refractivity contribution is 5.93. The maximum atomic E-state index is 13.3. The summed E-state index contributed by atoms with van der Waals surface area (Å²) in [5.41, 5.74) is 1.95. The van der Waals surface area contributed by atoms with Crippen molar-refractivity contribution in [3.05, 3.63) is 77.1 Å². The lowest BCUT2D eigenvalue weighted by atomic mass is 9.80. The Hall–Kier alpha value is -3.61. The quantitative estimate of drug-likeness (QED) is 0.317. The fourth-order valence-electron chi connectivity index (χ4n) is 4.91. The van der Waals surface area contributed by atoms with Crippen molar-refractivity contribution in [2.45, 2.75) is 76.7 Å². The Kier molecular flexibility index (Phi) is 9.28. The Bertz CT molecular complexity index is 1110. The molecule has 2 aromatic rings. The van der Waals surface area contributed by atoms with E-state index in [2.05, 4.69) is 5.32 Å². The lowest BCUT2D eigenvalue weighted by Gasteiger charge is -2.38. The highest BCUT2D eigenvalue weighted by Gasteiger charge is 2.43. The maximum absolute atomic E-state index is 13.3. The molecule has 0 radical (unpaired) electrons. The Balaban J connectivity index is 1.81. The van der Waals surface area contributed by atoms with Crippen molar-refractivity contribution in [1.82, 2.24) is 0 Å². The molecular formula is C29H35NO6. The number of aryl methyl sites for hydroxylation is 1. The monoisotopic (exact) mass is 493 g/mol. The zero-order valence-electron chi connectivity index (χ0n) is 21.0. The van der Waals surface area contributed by atoms with Gasteiger partial charge in [0.15, 0.2) is 0 Å². The van der Waals surface area contributed by atoms with E-state index in [0.29, 0.717) is 24.9 Å². The van der Waals surface area contributed by atoms with Gasteiger partial charge in [-0.1, -0.05) is 62.7 Å². The largest absolute Gasteiger partial charge is 0.512 e. The first-order chi connectivity index (χ1) is 17.3. The molecule has 3 N–H and O–H groups in total. The Labute approximate surface area is 212 Å². The van der Waals surface area contributed by atoms with Crippen LogP contribution in [0.5, 0.6) is 0 Å². The Morgan fingerprint density at radius 1 is 1.06 bits per heavy atom. The fourth-order valence-corrected chi connectivity index (χ4v) is 4.91. The van der Waals surface area contributed by atoms with Crippen LogP contribution in [-0.4, -0.2) is 33.7 Å². The Morgan fingerprint density at radius 2 is 1.81 bits per heavy atom. The normalized spacial score (nSPS) is 18.4. The fraction of sp³-hybridized carbons (Fsp3) is 0.414. The van der Waals surface area contributed by atoms with Gasteiger partial charge in [-0.25, -0.2) is 4.79 Å². The molecule has 192 valence electrons. The zero-order chi connectivity index (χ0) is 26.1. The highest BCUT2D eigenvalue weighted by Crippen LogP contribution is 2.42. The van der Waals surface area contributed by atoms with Crippen LogP contribution < -0.4 is 5.32 Å². The standard InChI is InChI=1S/C29H35NO6/c1-3-16-29(17-15-20-9-6-5-7-10-20)19-24(31)27(28(35)36-29)23(4-2)21-11-8-12-22(18-21)30-25(32)13-14-26(33)34/h5-12,18,23,31H,3-4,13-17,19H2,1-2H3,(H,30,32)(H,33,34)/t23-,29-/m1/s1. The number of benzene rings is 2. The van der Waals surface area contributed by atoms with Gasteiger partial charge in [-0.15, -0.1) is 0 Å². The molecule has 0 spiro atoms. The number of anilines is 1. The number of amides is 1. The lowest BCUT2D eigenvalue weighted by Crippen LogP contribution is -2.41. The van der Waals surface area contributed by atoms with Gasteiger partial charge < -0.3 is 20.3 Å². The average Bonchev–Trinajstić information content (AvgIpc) is 2.85. The van der Waals surface area contributed by atoms with Gasteiger partial charge in [0.25, 0.3) is 0 Å². The molecule has 0 aliphatic carbocycles. The van der Waals surface area contributed by atoms with Gasteiger partial charge in [0.05, 0.1) is 12.0 Å². The number of ether oxygens (including phenoxy) is 1. The molecule has 0 fully saturated rings. The van der Waals surface area contributed by atoms with Gasteiger partial charge in [0, 0.05) is 24.4 Å². The van der Waals surface area contributed by atoms with Gasteiger partial charge >= 0.3 is 11.9 Å². The molecule has 1 heterocycles. The number of carbonyl (C=O) groups is 3. The van der Waals surface area contributed by atoms with Crippen molar-refractivity contribution in [2.24, 2.45) is 0 Å². The number of aliphatic hydroxyl groups excluding tert-OH is 1. The summed E-state index contributed by atoms with van der Waals surface area (Å²) in [6.07, 6.45) is 3.31. The number of aliphatic hydroxyl groups is 1. The second-order valence-electron chi connectivity index (χ2n) is 9.37. The second kappa shape index (κ2) is 12.4. The van der Waals surface area contributed by atoms with E-state index in [1.165, 1.54) is 0 Å². The van der Waals surface area contributed by atoms with Crippen LogP contribution in [-0.2, 0) is 25.5 Å². The number of esters is 1. The summed E-state index contributed by atoms with van der Waals surface area (Å²) < 4.78 is 6.09. The van der Waals surface area contributed by atoms with E-state index >= 15 is 0 Å². The molecule has 2 aromatic carbocycles. The van der Waals surface area contributed by atoms with Crippen LogP contribution in [0.2, 0.25) is 0 Å². The molecule has 36 heavy (non-hydrogen) atoms. The molecule has 1 aliphatic rings. The van der Waals surface area contributed by atoms with Crippen LogP contribution in [0.3, 0.4) is 0 Å². The van der Waals surface area contributed by atoms with Gasteiger partial charge in [-0.05, 0) is 48.9 Å². The van der Waals surface area contributed by atoms with Crippen LogP contribution in [0, 0.1) is 0 Å². The molecule has 2 atom stereocenters. The van der Waals surface area contributed by atoms with Crippen molar-refractivity contribution < 1.29 is 29.3 Å². The van der Waals surface area contributed by atoms with Crippen LogP contribution in [0.1, 0.15) is 75.8 Å². The summed E-state index contributed by atoms with van der Waals surface area (Å²) >= 11 is 0. The minimum absolute atomic E-state index is 0.0653. The Morgan fingerprint density at radius 3 is 2.44 bits per heavy atom. The van der Waals surface area contributed by atoms with Gasteiger partial charge in [0.2, 0.25) is 5.91 Å². The molecule has 0 aromatic heterocycles. The molecule has 0 unspecified atom stereocenters. The number of hydrogen-bond donors (Lipinski definition) is 3. The summed E-state index contributed by atoms with van der Waals surface area (Å²) in [6, 6.07) is 17.1. The van der Waals surface area contributed by atoms with E-state index in [1.807, 2.05) is 50.2 Å². The third-order valence-corrected chi connectivity index (χ3v) is 6.64. The topological polar surface area (TPSA) is 113 Å². The first kappa shape index (κ1) is 27.0. The van der Waals surface area contributed by atoms with Crippen LogP contribution in [0.25, 0.3) is 0 Å². The molecule has 7 nitrogen and oxygen atoms in total. The van der Waals surface area contributed by atoms with E-state index < -0.39 is 29.4 Å². The summed E-state index contributed by atoms with van der Waals surface area (Å²) in [7, 11) is 0. The van der Waals surface area contributed by atoms with Crippen molar-refractivity contribution in [1.29, 1.82) is 0 Å². The SMILES string of the molecule is CCC[C@@]1(CCc2ccccc2)CC(O)=C([C@H](CC)c2cccc(NC(=O)CCC(=O)O)c2)C(=O)O1. The number of cyclic esters (lactones) is 1. The van der Waals surface area contributed by atoms with E-state index in [-0.39, 0.29) is 30.6 Å². The summed E-state index contributed by atoms with van der Waals surface area (Å²) in [5.74, 6) is -2.27. The molecule has 0 bridgehead atoms. The van der Waals surface area contributed by atoms with Crippen molar-refractivity contribution in [3.8, 4) is 0 Å². The first-order valence-corrected chi connectivity index (χ1v) is 12.6. The molecular weight excluding hydrogens is 458 g/mol. The zero-order valence-corrected chi connectivity index (χ0v) is 21.0. The number of nitrogens with one attached hydrogen (secondary N) is 1. The number of carboxylic acids is 1. The number of rotatable bonds is 12. The van der Waals surface area contributed by atoms with Crippen LogP contribution in [0.15, 0.2) is 65.9 Å². The lowest BCUT2D eigenvalue weighted by molar-refractivity contribution is -0.161. The van der Waals surface area contributed by atoms with Gasteiger partial charge in [-0.3, -0.25) is 9.59 Å². The van der Waals surface area contributed by atoms with Crippen molar-refractivity contribution in [3.63, 3.8) is 0 Å².